The van der Waals surface area contributed by atoms with Gasteiger partial charge in [0.05, 0.1) is 5.60 Å². The van der Waals surface area contributed by atoms with Crippen molar-refractivity contribution in [2.75, 3.05) is 0 Å². The highest BCUT2D eigenvalue weighted by Crippen LogP contribution is 2.70. The lowest BCUT2D eigenvalue weighted by Crippen LogP contribution is -2.57. The van der Waals surface area contributed by atoms with Crippen LogP contribution in [0.3, 0.4) is 0 Å². The van der Waals surface area contributed by atoms with Gasteiger partial charge in [-0.3, -0.25) is 0 Å². The topological polar surface area (TPSA) is 20.2 Å². The van der Waals surface area contributed by atoms with Crippen molar-refractivity contribution in [1.29, 1.82) is 0 Å². The van der Waals surface area contributed by atoms with Gasteiger partial charge in [0.25, 0.3) is 5.67 Å². The predicted molar refractivity (Wildman–Crippen MR) is 82.8 cm³/mol. The summed E-state index contributed by atoms with van der Waals surface area (Å²) in [5, 5.41) is 10.3. The third-order valence-electron chi connectivity index (χ3n) is 4.99. The lowest BCUT2D eigenvalue weighted by molar-refractivity contribution is -0.303. The molecule has 160 valence electrons. The highest BCUT2D eigenvalue weighted by molar-refractivity contribution is 5.32. The average Bonchev–Trinajstić information content (AvgIpc) is 2.57. The summed E-state index contributed by atoms with van der Waals surface area (Å²) in [5.74, 6) is -25.9. The second-order valence-electron chi connectivity index (χ2n) is 7.84. The highest BCUT2D eigenvalue weighted by atomic mass is 19.4. The lowest BCUT2D eigenvalue weighted by atomic mass is 9.80. The van der Waals surface area contributed by atoms with Gasteiger partial charge in [-0.05, 0) is 30.4 Å². The third-order valence-corrected chi connectivity index (χ3v) is 4.99. The van der Waals surface area contributed by atoms with E-state index < -0.39 is 41.4 Å². The number of aliphatic hydroxyl groups is 1. The van der Waals surface area contributed by atoms with E-state index in [2.05, 4.69) is 0 Å². The molecular formula is C18H19F9O. The van der Waals surface area contributed by atoms with Gasteiger partial charge >= 0.3 is 23.7 Å². The molecule has 1 N–H and O–H groups in total. The van der Waals surface area contributed by atoms with Crippen molar-refractivity contribution in [2.45, 2.75) is 68.6 Å². The Morgan fingerprint density at radius 3 is 1.54 bits per heavy atom. The maximum atomic E-state index is 14.7. The maximum absolute atomic E-state index is 14.7. The van der Waals surface area contributed by atoms with Crippen molar-refractivity contribution in [3.05, 3.63) is 35.4 Å². The minimum atomic E-state index is -6.64. The van der Waals surface area contributed by atoms with E-state index in [1.54, 1.807) is 0 Å². The van der Waals surface area contributed by atoms with Gasteiger partial charge in [-0.15, -0.1) is 0 Å². The largest absolute Gasteiger partial charge is 0.385 e. The molecule has 1 fully saturated rings. The minimum absolute atomic E-state index is 0.223. The van der Waals surface area contributed by atoms with Crippen LogP contribution in [0, 0.1) is 5.92 Å². The van der Waals surface area contributed by atoms with Crippen LogP contribution < -0.4 is 0 Å². The standard InChI is InChI=1S/C18H19F9O/c1-10(2)8-11-4-6-12(7-5-11)13(3,28)9-14(19)15(20,21)17(24,25)18(26,27)16(14,22)23/h4-7,10,28H,8-9H2,1-3H3. The Bertz CT molecular complexity index is 697. The van der Waals surface area contributed by atoms with Gasteiger partial charge in [0.1, 0.15) is 0 Å². The van der Waals surface area contributed by atoms with E-state index in [0.29, 0.717) is 13.3 Å². The van der Waals surface area contributed by atoms with Crippen LogP contribution in [-0.4, -0.2) is 34.5 Å². The number of hydrogen-bond acceptors (Lipinski definition) is 1. The Labute approximate surface area is 155 Å². The van der Waals surface area contributed by atoms with E-state index in [9.17, 15) is 44.6 Å². The van der Waals surface area contributed by atoms with E-state index in [4.69, 9.17) is 0 Å². The summed E-state index contributed by atoms with van der Waals surface area (Å²) in [6.45, 7) is 4.40. The molecule has 0 spiro atoms. The van der Waals surface area contributed by atoms with Crippen molar-refractivity contribution in [3.8, 4) is 0 Å². The molecule has 28 heavy (non-hydrogen) atoms. The van der Waals surface area contributed by atoms with Gasteiger partial charge in [0, 0.05) is 6.42 Å². The second-order valence-corrected chi connectivity index (χ2v) is 7.84. The monoisotopic (exact) mass is 422 g/mol. The molecule has 1 saturated carbocycles. The fraction of sp³-hybridized carbons (Fsp3) is 0.667. The van der Waals surface area contributed by atoms with Gasteiger partial charge < -0.3 is 5.11 Å². The van der Waals surface area contributed by atoms with Crippen LogP contribution in [0.2, 0.25) is 0 Å². The SMILES string of the molecule is CC(C)Cc1ccc(C(C)(O)CC2(F)C(F)(F)C(F)(F)C(F)(F)C2(F)F)cc1. The van der Waals surface area contributed by atoms with E-state index in [0.717, 1.165) is 17.7 Å². The van der Waals surface area contributed by atoms with E-state index in [1.807, 2.05) is 13.8 Å². The van der Waals surface area contributed by atoms with Gasteiger partial charge in [0.2, 0.25) is 0 Å². The summed E-state index contributed by atoms with van der Waals surface area (Å²) in [4.78, 5) is 0. The van der Waals surface area contributed by atoms with Gasteiger partial charge in [0.15, 0.2) is 0 Å². The first-order valence-corrected chi connectivity index (χ1v) is 8.37. The first kappa shape index (κ1) is 22.8. The van der Waals surface area contributed by atoms with Crippen LogP contribution in [0.15, 0.2) is 24.3 Å². The molecule has 0 bridgehead atoms. The van der Waals surface area contributed by atoms with Gasteiger partial charge in [-0.25, -0.2) is 4.39 Å². The molecule has 0 saturated heterocycles. The van der Waals surface area contributed by atoms with Crippen molar-refractivity contribution in [3.63, 3.8) is 0 Å². The first-order chi connectivity index (χ1) is 12.3. The number of benzene rings is 1. The molecule has 1 atom stereocenters. The maximum Gasteiger partial charge on any atom is 0.381 e. The van der Waals surface area contributed by atoms with Crippen LogP contribution in [0.1, 0.15) is 38.3 Å². The number of halogens is 9. The van der Waals surface area contributed by atoms with Gasteiger partial charge in [-0.2, -0.15) is 35.1 Å². The Hall–Kier alpha value is -1.45. The smallest absolute Gasteiger partial charge is 0.381 e. The Balaban J connectivity index is 2.46. The Morgan fingerprint density at radius 1 is 0.786 bits per heavy atom. The molecule has 1 aliphatic carbocycles. The van der Waals surface area contributed by atoms with Crippen LogP contribution in [0.5, 0.6) is 0 Å². The zero-order chi connectivity index (χ0) is 22.0. The quantitative estimate of drug-likeness (QED) is 0.600. The molecule has 0 aliphatic heterocycles. The predicted octanol–water partition coefficient (Wildman–Crippen LogP) is 5.75. The Morgan fingerprint density at radius 2 is 1.18 bits per heavy atom. The molecule has 0 amide bonds. The van der Waals surface area contributed by atoms with Crippen LogP contribution >= 0.6 is 0 Å². The third kappa shape index (κ3) is 2.81. The molecule has 10 heteroatoms. The first-order valence-electron chi connectivity index (χ1n) is 8.37. The number of alkyl halides is 9. The molecule has 0 radical (unpaired) electrons. The zero-order valence-corrected chi connectivity index (χ0v) is 15.1. The molecule has 1 nitrogen and oxygen atoms in total. The van der Waals surface area contributed by atoms with E-state index >= 15 is 0 Å². The summed E-state index contributed by atoms with van der Waals surface area (Å²) in [6.07, 6.45) is -1.79. The highest BCUT2D eigenvalue weighted by Gasteiger charge is 3.00. The van der Waals surface area contributed by atoms with Gasteiger partial charge in [-0.1, -0.05) is 38.1 Å². The zero-order valence-electron chi connectivity index (χ0n) is 15.1. The molecule has 1 aromatic carbocycles. The molecule has 0 heterocycles. The molecule has 1 aliphatic rings. The number of hydrogen-bond donors (Lipinski definition) is 1. The summed E-state index contributed by atoms with van der Waals surface area (Å²) < 4.78 is 123. The Kier molecular flexibility index (Phi) is 5.12. The fourth-order valence-corrected chi connectivity index (χ4v) is 3.36. The molecule has 2 rings (SSSR count). The van der Waals surface area contributed by atoms with Crippen molar-refractivity contribution in [1.82, 2.24) is 0 Å². The van der Waals surface area contributed by atoms with Crippen LogP contribution in [-0.2, 0) is 12.0 Å². The van der Waals surface area contributed by atoms with Crippen LogP contribution in [0.25, 0.3) is 0 Å². The normalized spacial score (nSPS) is 26.2. The molecule has 1 unspecified atom stereocenters. The van der Waals surface area contributed by atoms with Crippen LogP contribution in [0.4, 0.5) is 39.5 Å². The van der Waals surface area contributed by atoms with Crippen molar-refractivity contribution in [2.24, 2.45) is 5.92 Å². The van der Waals surface area contributed by atoms with E-state index in [1.165, 1.54) is 12.1 Å². The average molecular weight is 422 g/mol. The minimum Gasteiger partial charge on any atom is -0.385 e. The van der Waals surface area contributed by atoms with Crippen molar-refractivity contribution >= 4 is 0 Å². The van der Waals surface area contributed by atoms with Crippen molar-refractivity contribution < 1.29 is 44.6 Å². The molecular weight excluding hydrogens is 403 g/mol. The number of rotatable bonds is 5. The second kappa shape index (κ2) is 6.27. The molecule has 1 aromatic rings. The van der Waals surface area contributed by atoms with E-state index in [-0.39, 0.29) is 11.5 Å². The summed E-state index contributed by atoms with van der Waals surface area (Å²) in [6, 6.07) is 5.04. The fourth-order valence-electron chi connectivity index (χ4n) is 3.36. The summed E-state index contributed by atoms with van der Waals surface area (Å²) >= 11 is 0. The lowest BCUT2D eigenvalue weighted by Gasteiger charge is -2.37. The summed E-state index contributed by atoms with van der Waals surface area (Å²) in [7, 11) is 0. The molecule has 0 aromatic heterocycles. The summed E-state index contributed by atoms with van der Waals surface area (Å²) in [5.41, 5.74) is -8.18.